The molecule has 1 fully saturated rings. The quantitative estimate of drug-likeness (QED) is 0.502. The van der Waals surface area contributed by atoms with Crippen LogP contribution in [0.1, 0.15) is 12.1 Å². The normalized spacial score (nSPS) is 16.5. The van der Waals surface area contributed by atoms with Crippen LogP contribution in [0.4, 0.5) is 5.69 Å². The summed E-state index contributed by atoms with van der Waals surface area (Å²) in [7, 11) is 0. The lowest BCUT2D eigenvalue weighted by atomic mass is 10.1. The maximum Gasteiger partial charge on any atom is 0.227 e. The third kappa shape index (κ3) is 3.61. The van der Waals surface area contributed by atoms with Gasteiger partial charge in [-0.1, -0.05) is 24.3 Å². The van der Waals surface area contributed by atoms with Crippen molar-refractivity contribution in [3.05, 3.63) is 58.9 Å². The Morgan fingerprint density at radius 2 is 2.03 bits per heavy atom. The van der Waals surface area contributed by atoms with Crippen LogP contribution in [-0.2, 0) is 16.0 Å². The molecule has 5 rings (SSSR count). The zero-order valence-corrected chi connectivity index (χ0v) is 17.7. The standard InChI is InChI=1S/C21H19N5O2S2/c27-18-11-14(12-25(18)15-5-2-1-3-6-15)20(28)22-9-8-16-13-30-21-23-19(24-26(16)21)17-7-4-10-29-17/h1-7,10,13-14H,8-9,11-12H2,(H,22,28)/t14-/m0/s1. The van der Waals surface area contributed by atoms with Gasteiger partial charge in [-0.3, -0.25) is 9.59 Å². The number of thiazole rings is 1. The molecule has 0 saturated carbocycles. The Hall–Kier alpha value is -3.04. The predicted molar refractivity (Wildman–Crippen MR) is 118 cm³/mol. The van der Waals surface area contributed by atoms with Crippen molar-refractivity contribution in [1.82, 2.24) is 19.9 Å². The molecule has 3 aromatic heterocycles. The van der Waals surface area contributed by atoms with Gasteiger partial charge in [0.1, 0.15) is 0 Å². The summed E-state index contributed by atoms with van der Waals surface area (Å²) >= 11 is 3.16. The van der Waals surface area contributed by atoms with Gasteiger partial charge in [0.25, 0.3) is 0 Å². The fraction of sp³-hybridized carbons (Fsp3) is 0.238. The summed E-state index contributed by atoms with van der Waals surface area (Å²) < 4.78 is 1.85. The van der Waals surface area contributed by atoms with Gasteiger partial charge in [0.15, 0.2) is 5.82 Å². The van der Waals surface area contributed by atoms with Gasteiger partial charge in [0.05, 0.1) is 16.5 Å². The van der Waals surface area contributed by atoms with Crippen molar-refractivity contribution in [2.24, 2.45) is 5.92 Å². The number of carbonyl (C=O) groups is 2. The molecule has 0 bridgehead atoms. The summed E-state index contributed by atoms with van der Waals surface area (Å²) in [6, 6.07) is 13.5. The Kier molecular flexibility index (Phi) is 5.06. The Balaban J connectivity index is 1.19. The number of benzene rings is 1. The number of rotatable bonds is 6. The third-order valence-corrected chi connectivity index (χ3v) is 6.87. The number of aromatic nitrogens is 3. The molecule has 152 valence electrons. The van der Waals surface area contributed by atoms with E-state index in [4.69, 9.17) is 0 Å². The Morgan fingerprint density at radius 3 is 2.83 bits per heavy atom. The lowest BCUT2D eigenvalue weighted by molar-refractivity contribution is -0.126. The summed E-state index contributed by atoms with van der Waals surface area (Å²) in [5.74, 6) is 0.320. The smallest absolute Gasteiger partial charge is 0.227 e. The highest BCUT2D eigenvalue weighted by atomic mass is 32.1. The average molecular weight is 438 g/mol. The van der Waals surface area contributed by atoms with E-state index in [1.807, 2.05) is 57.7 Å². The Labute approximate surface area is 181 Å². The van der Waals surface area contributed by atoms with E-state index in [1.165, 1.54) is 0 Å². The minimum absolute atomic E-state index is 0.00962. The molecule has 0 radical (unpaired) electrons. The van der Waals surface area contributed by atoms with Gasteiger partial charge in [-0.05, 0) is 23.6 Å². The van der Waals surface area contributed by atoms with Gasteiger partial charge < -0.3 is 10.2 Å². The van der Waals surface area contributed by atoms with E-state index in [2.05, 4.69) is 15.4 Å². The SMILES string of the molecule is O=C(NCCc1csc2nc(-c3cccs3)nn12)[C@H]1CC(=O)N(c2ccccc2)C1. The molecule has 1 N–H and O–H groups in total. The fourth-order valence-electron chi connectivity index (χ4n) is 3.61. The number of hydrogen-bond acceptors (Lipinski definition) is 6. The van der Waals surface area contributed by atoms with Crippen molar-refractivity contribution in [3.8, 4) is 10.7 Å². The second-order valence-corrected chi connectivity index (χ2v) is 8.90. The summed E-state index contributed by atoms with van der Waals surface area (Å²) in [6.45, 7) is 0.916. The lowest BCUT2D eigenvalue weighted by Crippen LogP contribution is -2.34. The maximum absolute atomic E-state index is 12.6. The van der Waals surface area contributed by atoms with E-state index in [-0.39, 0.29) is 24.2 Å². The van der Waals surface area contributed by atoms with Crippen LogP contribution in [0, 0.1) is 5.92 Å². The molecular formula is C21H19N5O2S2. The molecule has 1 saturated heterocycles. The van der Waals surface area contributed by atoms with E-state index in [9.17, 15) is 9.59 Å². The number of hydrogen-bond donors (Lipinski definition) is 1. The van der Waals surface area contributed by atoms with E-state index in [1.54, 1.807) is 27.6 Å². The summed E-state index contributed by atoms with van der Waals surface area (Å²) in [6.07, 6.45) is 0.902. The van der Waals surface area contributed by atoms with Gasteiger partial charge >= 0.3 is 0 Å². The van der Waals surface area contributed by atoms with Crippen molar-refractivity contribution >= 4 is 45.1 Å². The highest BCUT2D eigenvalue weighted by Gasteiger charge is 2.34. The van der Waals surface area contributed by atoms with E-state index >= 15 is 0 Å². The Bertz CT molecular complexity index is 1180. The second-order valence-electron chi connectivity index (χ2n) is 7.12. The van der Waals surface area contributed by atoms with Crippen LogP contribution in [0.2, 0.25) is 0 Å². The van der Waals surface area contributed by atoms with Crippen molar-refractivity contribution in [2.75, 3.05) is 18.0 Å². The molecular weight excluding hydrogens is 418 g/mol. The second kappa shape index (κ2) is 8.00. The maximum atomic E-state index is 12.6. The zero-order valence-electron chi connectivity index (χ0n) is 16.0. The number of thiophene rings is 1. The van der Waals surface area contributed by atoms with Crippen molar-refractivity contribution in [1.29, 1.82) is 0 Å². The van der Waals surface area contributed by atoms with Crippen molar-refractivity contribution in [3.63, 3.8) is 0 Å². The molecule has 1 atom stereocenters. The number of nitrogens with zero attached hydrogens (tertiary/aromatic N) is 4. The molecule has 1 aromatic carbocycles. The molecule has 30 heavy (non-hydrogen) atoms. The monoisotopic (exact) mass is 437 g/mol. The first-order valence-electron chi connectivity index (χ1n) is 9.69. The number of fused-ring (bicyclic) bond motifs is 1. The first-order chi connectivity index (χ1) is 14.7. The first-order valence-corrected chi connectivity index (χ1v) is 11.4. The summed E-state index contributed by atoms with van der Waals surface area (Å²) in [4.78, 5) is 33.1. The van der Waals surface area contributed by atoms with Crippen LogP contribution < -0.4 is 10.2 Å². The number of carbonyl (C=O) groups excluding carboxylic acids is 2. The van der Waals surface area contributed by atoms with Gasteiger partial charge in [-0.2, -0.15) is 4.98 Å². The average Bonchev–Trinajstić information content (AvgIpc) is 3.53. The van der Waals surface area contributed by atoms with E-state index in [0.717, 1.165) is 27.0 Å². The van der Waals surface area contributed by atoms with Crippen LogP contribution in [0.15, 0.2) is 53.2 Å². The number of nitrogens with one attached hydrogen (secondary N) is 1. The third-order valence-electron chi connectivity index (χ3n) is 5.14. The molecule has 1 aliphatic heterocycles. The molecule has 4 aromatic rings. The van der Waals surface area contributed by atoms with Gasteiger partial charge in [0, 0.05) is 37.0 Å². The van der Waals surface area contributed by atoms with Gasteiger partial charge in [0.2, 0.25) is 16.8 Å². The molecule has 7 nitrogen and oxygen atoms in total. The van der Waals surface area contributed by atoms with Crippen LogP contribution in [0.3, 0.4) is 0 Å². The largest absolute Gasteiger partial charge is 0.355 e. The van der Waals surface area contributed by atoms with Crippen LogP contribution in [-0.4, -0.2) is 39.5 Å². The molecule has 9 heteroatoms. The topological polar surface area (TPSA) is 79.6 Å². The minimum atomic E-state index is -0.322. The fourth-order valence-corrected chi connectivity index (χ4v) is 5.11. The first kappa shape index (κ1) is 19.0. The van der Waals surface area contributed by atoms with E-state index in [0.29, 0.717) is 19.5 Å². The van der Waals surface area contributed by atoms with Crippen molar-refractivity contribution < 1.29 is 9.59 Å². The molecule has 0 spiro atoms. The van der Waals surface area contributed by atoms with Crippen LogP contribution >= 0.6 is 22.7 Å². The summed E-state index contributed by atoms with van der Waals surface area (Å²) in [5, 5.41) is 11.6. The summed E-state index contributed by atoms with van der Waals surface area (Å²) in [5.41, 5.74) is 1.85. The van der Waals surface area contributed by atoms with Crippen molar-refractivity contribution in [2.45, 2.75) is 12.8 Å². The van der Waals surface area contributed by atoms with Crippen LogP contribution in [0.5, 0.6) is 0 Å². The van der Waals surface area contributed by atoms with Gasteiger partial charge in [-0.25, -0.2) is 4.52 Å². The van der Waals surface area contributed by atoms with E-state index < -0.39 is 0 Å². The minimum Gasteiger partial charge on any atom is -0.355 e. The number of anilines is 1. The number of para-hydroxylation sites is 1. The van der Waals surface area contributed by atoms with Crippen LogP contribution in [0.25, 0.3) is 15.7 Å². The number of amides is 2. The molecule has 2 amide bonds. The predicted octanol–water partition coefficient (Wildman–Crippen LogP) is 3.23. The molecule has 0 aliphatic carbocycles. The highest BCUT2D eigenvalue weighted by Crippen LogP contribution is 2.26. The molecule has 0 unspecified atom stereocenters. The lowest BCUT2D eigenvalue weighted by Gasteiger charge is -2.16. The Morgan fingerprint density at radius 1 is 1.17 bits per heavy atom. The highest BCUT2D eigenvalue weighted by molar-refractivity contribution is 7.15. The zero-order chi connectivity index (χ0) is 20.5. The van der Waals surface area contributed by atoms with Gasteiger partial charge in [-0.15, -0.1) is 27.8 Å². The molecule has 1 aliphatic rings. The molecule has 4 heterocycles.